The van der Waals surface area contributed by atoms with E-state index in [-0.39, 0.29) is 18.1 Å². The second-order valence-corrected chi connectivity index (χ2v) is 8.64. The lowest BCUT2D eigenvalue weighted by Gasteiger charge is -2.39. The van der Waals surface area contributed by atoms with Crippen LogP contribution in [0.5, 0.6) is 0 Å². The molecular formula is C19H32N6O3. The monoisotopic (exact) mass is 392 g/mol. The number of aromatic nitrogens is 3. The van der Waals surface area contributed by atoms with Crippen LogP contribution in [-0.4, -0.2) is 56.0 Å². The molecule has 2 N–H and O–H groups in total. The first kappa shape index (κ1) is 20.4. The van der Waals surface area contributed by atoms with Crippen molar-refractivity contribution in [3.05, 3.63) is 11.6 Å². The van der Waals surface area contributed by atoms with Gasteiger partial charge in [-0.1, -0.05) is 0 Å². The van der Waals surface area contributed by atoms with Gasteiger partial charge < -0.3 is 24.8 Å². The fraction of sp³-hybridized carbons (Fsp3) is 0.789. The molecule has 2 aliphatic heterocycles. The first-order valence-corrected chi connectivity index (χ1v) is 10.2. The maximum atomic E-state index is 12.8. The summed E-state index contributed by atoms with van der Waals surface area (Å²) in [4.78, 5) is 26.8. The van der Waals surface area contributed by atoms with Gasteiger partial charge in [-0.05, 0) is 53.4 Å². The van der Waals surface area contributed by atoms with Gasteiger partial charge in [0.2, 0.25) is 0 Å². The van der Waals surface area contributed by atoms with Gasteiger partial charge in [-0.2, -0.15) is 0 Å². The van der Waals surface area contributed by atoms with Crippen LogP contribution < -0.4 is 10.6 Å². The number of carbonyl (C=O) groups excluding carboxylic acids is 2. The highest BCUT2D eigenvalue weighted by Gasteiger charge is 2.32. The van der Waals surface area contributed by atoms with Gasteiger partial charge in [-0.25, -0.2) is 9.59 Å². The number of alkyl carbamates (subject to hydrolysis) is 1. The molecule has 3 rings (SSSR count). The number of likely N-dealkylation sites (tertiary alicyclic amines) is 1. The standard InChI is InChI=1S/C19H32N6O3/c1-13(21-18(27)28-19(2,3)4)14-8-5-6-10-24(14)17(26)20-12-16-23-22-15-9-7-11-25(15)16/h13-14H,5-12H2,1-4H3,(H,20,26)(H,21,27)/t13-,14+/m0/s1. The Morgan fingerprint density at radius 3 is 2.75 bits per heavy atom. The van der Waals surface area contributed by atoms with E-state index in [0.29, 0.717) is 13.1 Å². The molecule has 9 heteroatoms. The zero-order valence-electron chi connectivity index (χ0n) is 17.3. The van der Waals surface area contributed by atoms with E-state index in [1.165, 1.54) is 0 Å². The van der Waals surface area contributed by atoms with E-state index in [1.54, 1.807) is 0 Å². The maximum Gasteiger partial charge on any atom is 0.407 e. The number of ether oxygens (including phenoxy) is 1. The van der Waals surface area contributed by atoms with E-state index in [4.69, 9.17) is 4.74 Å². The molecule has 1 aromatic heterocycles. The number of aryl methyl sites for hydroxylation is 1. The number of carbonyl (C=O) groups is 2. The van der Waals surface area contributed by atoms with Gasteiger partial charge in [-0.3, -0.25) is 0 Å². The summed E-state index contributed by atoms with van der Waals surface area (Å²) in [5.41, 5.74) is -0.550. The van der Waals surface area contributed by atoms with Crippen LogP contribution in [0, 0.1) is 0 Å². The first-order valence-electron chi connectivity index (χ1n) is 10.2. The van der Waals surface area contributed by atoms with E-state index in [0.717, 1.165) is 50.3 Å². The van der Waals surface area contributed by atoms with Gasteiger partial charge in [0.05, 0.1) is 12.6 Å². The molecule has 2 aliphatic rings. The summed E-state index contributed by atoms with van der Waals surface area (Å²) >= 11 is 0. The largest absolute Gasteiger partial charge is 0.444 e. The molecule has 156 valence electrons. The van der Waals surface area contributed by atoms with Crippen LogP contribution in [0.2, 0.25) is 0 Å². The summed E-state index contributed by atoms with van der Waals surface area (Å²) in [7, 11) is 0. The third-order valence-electron chi connectivity index (χ3n) is 5.22. The molecule has 9 nitrogen and oxygen atoms in total. The van der Waals surface area contributed by atoms with Gasteiger partial charge in [-0.15, -0.1) is 10.2 Å². The zero-order valence-corrected chi connectivity index (χ0v) is 17.3. The Bertz CT molecular complexity index is 711. The van der Waals surface area contributed by atoms with E-state index < -0.39 is 11.7 Å². The van der Waals surface area contributed by atoms with Gasteiger partial charge in [0.1, 0.15) is 11.4 Å². The van der Waals surface area contributed by atoms with E-state index in [1.807, 2.05) is 32.6 Å². The quantitative estimate of drug-likeness (QED) is 0.818. The van der Waals surface area contributed by atoms with Crippen molar-refractivity contribution >= 4 is 12.1 Å². The van der Waals surface area contributed by atoms with Gasteiger partial charge >= 0.3 is 12.1 Å². The number of hydrogen-bond donors (Lipinski definition) is 2. The molecular weight excluding hydrogens is 360 g/mol. The molecule has 0 spiro atoms. The molecule has 2 atom stereocenters. The van der Waals surface area contributed by atoms with E-state index in [2.05, 4.69) is 25.4 Å². The molecule has 0 bridgehead atoms. The number of piperidine rings is 1. The maximum absolute atomic E-state index is 12.8. The highest BCUT2D eigenvalue weighted by Crippen LogP contribution is 2.21. The minimum Gasteiger partial charge on any atom is -0.444 e. The number of urea groups is 1. The summed E-state index contributed by atoms with van der Waals surface area (Å²) in [6.45, 7) is 9.37. The molecule has 0 aromatic carbocycles. The van der Waals surface area contributed by atoms with Crippen LogP contribution in [0.3, 0.4) is 0 Å². The molecule has 3 amide bonds. The number of nitrogens with zero attached hydrogens (tertiary/aromatic N) is 4. The summed E-state index contributed by atoms with van der Waals surface area (Å²) in [5.74, 6) is 1.80. The second kappa shape index (κ2) is 8.36. The van der Waals surface area contributed by atoms with E-state index in [9.17, 15) is 9.59 Å². The van der Waals surface area contributed by atoms with Gasteiger partial charge in [0.15, 0.2) is 5.82 Å². The lowest BCUT2D eigenvalue weighted by Crippen LogP contribution is -2.57. The minimum absolute atomic E-state index is 0.0645. The zero-order chi connectivity index (χ0) is 20.3. The lowest BCUT2D eigenvalue weighted by molar-refractivity contribution is 0.0462. The normalized spacial score (nSPS) is 20.4. The highest BCUT2D eigenvalue weighted by molar-refractivity contribution is 5.75. The van der Waals surface area contributed by atoms with Crippen LogP contribution in [0.1, 0.15) is 65.0 Å². The van der Waals surface area contributed by atoms with Crippen molar-refractivity contribution in [2.75, 3.05) is 6.54 Å². The Morgan fingerprint density at radius 1 is 1.21 bits per heavy atom. The van der Waals surface area contributed by atoms with Crippen LogP contribution in [0.25, 0.3) is 0 Å². The van der Waals surface area contributed by atoms with Crippen molar-refractivity contribution in [3.8, 4) is 0 Å². The average molecular weight is 393 g/mol. The minimum atomic E-state index is -0.550. The second-order valence-electron chi connectivity index (χ2n) is 8.64. The summed E-state index contributed by atoms with van der Waals surface area (Å²) < 4.78 is 7.43. The summed E-state index contributed by atoms with van der Waals surface area (Å²) in [6, 6.07) is -0.387. The Morgan fingerprint density at radius 2 is 2.00 bits per heavy atom. The van der Waals surface area contributed by atoms with E-state index >= 15 is 0 Å². The van der Waals surface area contributed by atoms with Crippen LogP contribution in [-0.2, 0) is 24.2 Å². The Labute approximate surface area is 166 Å². The van der Waals surface area contributed by atoms with Gasteiger partial charge in [0, 0.05) is 25.6 Å². The predicted octanol–water partition coefficient (Wildman–Crippen LogP) is 2.20. The molecule has 3 heterocycles. The van der Waals surface area contributed by atoms with Crippen molar-refractivity contribution in [1.29, 1.82) is 0 Å². The summed E-state index contributed by atoms with van der Waals surface area (Å²) in [5, 5.41) is 14.2. The topological polar surface area (TPSA) is 101 Å². The smallest absolute Gasteiger partial charge is 0.407 e. The Kier molecular flexibility index (Phi) is 6.10. The molecule has 0 saturated carbocycles. The number of amides is 3. The predicted molar refractivity (Wildman–Crippen MR) is 104 cm³/mol. The molecule has 1 aromatic rings. The fourth-order valence-electron chi connectivity index (χ4n) is 3.92. The Hall–Kier alpha value is -2.32. The third-order valence-corrected chi connectivity index (χ3v) is 5.22. The van der Waals surface area contributed by atoms with Crippen molar-refractivity contribution in [2.45, 2.75) is 90.6 Å². The molecule has 28 heavy (non-hydrogen) atoms. The number of rotatable bonds is 4. The van der Waals surface area contributed by atoms with Crippen LogP contribution in [0.4, 0.5) is 9.59 Å². The van der Waals surface area contributed by atoms with Gasteiger partial charge in [0.25, 0.3) is 0 Å². The van der Waals surface area contributed by atoms with Crippen molar-refractivity contribution in [1.82, 2.24) is 30.3 Å². The van der Waals surface area contributed by atoms with Crippen molar-refractivity contribution in [2.24, 2.45) is 0 Å². The molecule has 1 fully saturated rings. The third kappa shape index (κ3) is 4.94. The molecule has 0 radical (unpaired) electrons. The molecule has 1 saturated heterocycles. The highest BCUT2D eigenvalue weighted by atomic mass is 16.6. The Balaban J connectivity index is 1.57. The molecule has 0 unspecified atom stereocenters. The van der Waals surface area contributed by atoms with Crippen LogP contribution >= 0.6 is 0 Å². The average Bonchev–Trinajstić information content (AvgIpc) is 3.22. The lowest BCUT2D eigenvalue weighted by atomic mass is 9.97. The van der Waals surface area contributed by atoms with Crippen molar-refractivity contribution < 1.29 is 14.3 Å². The molecule has 0 aliphatic carbocycles. The summed E-state index contributed by atoms with van der Waals surface area (Å²) in [6.07, 6.45) is 4.42. The number of nitrogens with one attached hydrogen (secondary N) is 2. The number of hydrogen-bond acceptors (Lipinski definition) is 5. The fourth-order valence-corrected chi connectivity index (χ4v) is 3.92. The number of fused-ring (bicyclic) bond motifs is 1. The SMILES string of the molecule is C[C@H](NC(=O)OC(C)(C)C)[C@H]1CCCCN1C(=O)NCc1nnc2n1CCC2. The first-order chi connectivity index (χ1) is 13.2. The van der Waals surface area contributed by atoms with Crippen LogP contribution in [0.15, 0.2) is 0 Å². The van der Waals surface area contributed by atoms with Crippen molar-refractivity contribution in [3.63, 3.8) is 0 Å².